The summed E-state index contributed by atoms with van der Waals surface area (Å²) in [4.78, 5) is 4.26. The number of rotatable bonds is 6. The number of hydrogen-bond donors (Lipinski definition) is 1. The molecule has 0 fully saturated rings. The van der Waals surface area contributed by atoms with Crippen LogP contribution in [0.15, 0.2) is 36.7 Å². The van der Waals surface area contributed by atoms with Crippen molar-refractivity contribution in [2.24, 2.45) is 0 Å². The van der Waals surface area contributed by atoms with E-state index in [9.17, 15) is 0 Å². The van der Waals surface area contributed by atoms with Gasteiger partial charge in [0.15, 0.2) is 0 Å². The molecule has 1 aromatic heterocycles. The number of aromatic nitrogens is 1. The van der Waals surface area contributed by atoms with Crippen molar-refractivity contribution >= 4 is 11.6 Å². The van der Waals surface area contributed by atoms with E-state index in [-0.39, 0.29) is 0 Å². The number of pyridine rings is 1. The summed E-state index contributed by atoms with van der Waals surface area (Å²) in [6, 6.07) is 7.92. The van der Waals surface area contributed by atoms with Gasteiger partial charge >= 0.3 is 0 Å². The first-order chi connectivity index (χ1) is 9.74. The molecule has 0 atom stereocenters. The molecule has 1 aromatic carbocycles. The summed E-state index contributed by atoms with van der Waals surface area (Å²) in [5, 5.41) is 3.90. The average molecular weight is 291 g/mol. The van der Waals surface area contributed by atoms with Gasteiger partial charge in [-0.1, -0.05) is 24.6 Å². The van der Waals surface area contributed by atoms with Crippen LogP contribution >= 0.6 is 11.6 Å². The first kappa shape index (κ1) is 14.8. The van der Waals surface area contributed by atoms with E-state index in [1.54, 1.807) is 6.20 Å². The highest BCUT2D eigenvalue weighted by Gasteiger charge is 2.07. The normalized spacial score (nSPS) is 10.6. The van der Waals surface area contributed by atoms with Crippen LogP contribution in [0.3, 0.4) is 0 Å². The molecule has 0 saturated heterocycles. The number of nitrogens with one attached hydrogen (secondary N) is 1. The summed E-state index contributed by atoms with van der Waals surface area (Å²) in [7, 11) is 1.92. The van der Waals surface area contributed by atoms with Crippen molar-refractivity contribution in [3.63, 3.8) is 0 Å². The standard InChI is InChI=1S/C16H19ClN2O/c1-3-6-20-15-8-13(10-19-11-15)16-5-4-14(17)7-12(16)9-18-2/h4-5,7-8,10-11,18H,3,6,9H2,1-2H3. The van der Waals surface area contributed by atoms with Crippen molar-refractivity contribution in [2.45, 2.75) is 19.9 Å². The maximum absolute atomic E-state index is 6.07. The van der Waals surface area contributed by atoms with E-state index >= 15 is 0 Å². The number of nitrogens with zero attached hydrogens (tertiary/aromatic N) is 1. The van der Waals surface area contributed by atoms with E-state index in [0.29, 0.717) is 6.61 Å². The number of hydrogen-bond acceptors (Lipinski definition) is 3. The maximum Gasteiger partial charge on any atom is 0.138 e. The van der Waals surface area contributed by atoms with Gasteiger partial charge in [0.25, 0.3) is 0 Å². The molecule has 1 heterocycles. The lowest BCUT2D eigenvalue weighted by Crippen LogP contribution is -2.06. The van der Waals surface area contributed by atoms with Crippen molar-refractivity contribution in [1.82, 2.24) is 10.3 Å². The highest BCUT2D eigenvalue weighted by molar-refractivity contribution is 6.30. The fraction of sp³-hybridized carbons (Fsp3) is 0.312. The van der Waals surface area contributed by atoms with Crippen molar-refractivity contribution in [3.8, 4) is 16.9 Å². The van der Waals surface area contributed by atoms with E-state index in [4.69, 9.17) is 16.3 Å². The largest absolute Gasteiger partial charge is 0.492 e. The van der Waals surface area contributed by atoms with E-state index in [2.05, 4.69) is 17.2 Å². The van der Waals surface area contributed by atoms with Crippen LogP contribution in [-0.2, 0) is 6.54 Å². The summed E-state index contributed by atoms with van der Waals surface area (Å²) in [5.41, 5.74) is 3.31. The molecular weight excluding hydrogens is 272 g/mol. The highest BCUT2D eigenvalue weighted by Crippen LogP contribution is 2.28. The Labute approximate surface area is 124 Å². The lowest BCUT2D eigenvalue weighted by atomic mass is 10.0. The Hall–Kier alpha value is -1.58. The number of benzene rings is 1. The minimum atomic E-state index is 0.703. The topological polar surface area (TPSA) is 34.1 Å². The molecule has 2 rings (SSSR count). The SMILES string of the molecule is CCCOc1cncc(-c2ccc(Cl)cc2CNC)c1. The van der Waals surface area contributed by atoms with Gasteiger partial charge in [-0.3, -0.25) is 4.98 Å². The molecule has 0 aliphatic carbocycles. The summed E-state index contributed by atoms with van der Waals surface area (Å²) in [5.74, 6) is 0.801. The lowest BCUT2D eigenvalue weighted by Gasteiger charge is -2.11. The van der Waals surface area contributed by atoms with Crippen LogP contribution in [0.1, 0.15) is 18.9 Å². The van der Waals surface area contributed by atoms with E-state index in [1.165, 1.54) is 0 Å². The maximum atomic E-state index is 6.07. The molecule has 3 nitrogen and oxygen atoms in total. The van der Waals surface area contributed by atoms with Gasteiger partial charge in [-0.05, 0) is 42.8 Å². The first-order valence-corrected chi connectivity index (χ1v) is 7.13. The third-order valence-corrected chi connectivity index (χ3v) is 3.17. The molecule has 20 heavy (non-hydrogen) atoms. The summed E-state index contributed by atoms with van der Waals surface area (Å²) in [6.07, 6.45) is 4.57. The lowest BCUT2D eigenvalue weighted by molar-refractivity contribution is 0.316. The van der Waals surface area contributed by atoms with Crippen LogP contribution in [0, 0.1) is 0 Å². The molecule has 0 spiro atoms. The smallest absolute Gasteiger partial charge is 0.138 e. The molecule has 4 heteroatoms. The molecule has 106 valence electrons. The van der Waals surface area contributed by atoms with Gasteiger partial charge in [0, 0.05) is 23.3 Å². The quantitative estimate of drug-likeness (QED) is 0.876. The second-order valence-electron chi connectivity index (χ2n) is 4.59. The Bertz CT molecular complexity index is 572. The molecule has 0 bridgehead atoms. The zero-order valence-electron chi connectivity index (χ0n) is 11.8. The van der Waals surface area contributed by atoms with Gasteiger partial charge < -0.3 is 10.1 Å². The minimum absolute atomic E-state index is 0.703. The Balaban J connectivity index is 2.35. The molecule has 2 aromatic rings. The average Bonchev–Trinajstić information content (AvgIpc) is 2.46. The molecule has 0 saturated carbocycles. The molecule has 0 aliphatic rings. The van der Waals surface area contributed by atoms with Gasteiger partial charge in [0.05, 0.1) is 12.8 Å². The number of ether oxygens (including phenoxy) is 1. The fourth-order valence-corrected chi connectivity index (χ4v) is 2.24. The Morgan fingerprint density at radius 2 is 2.10 bits per heavy atom. The predicted molar refractivity (Wildman–Crippen MR) is 83.2 cm³/mol. The van der Waals surface area contributed by atoms with E-state index in [0.717, 1.165) is 40.4 Å². The zero-order chi connectivity index (χ0) is 14.4. The third kappa shape index (κ3) is 3.71. The van der Waals surface area contributed by atoms with Gasteiger partial charge in [-0.15, -0.1) is 0 Å². The van der Waals surface area contributed by atoms with Crippen molar-refractivity contribution in [2.75, 3.05) is 13.7 Å². The van der Waals surface area contributed by atoms with Crippen LogP contribution in [0.4, 0.5) is 0 Å². The van der Waals surface area contributed by atoms with E-state index < -0.39 is 0 Å². The highest BCUT2D eigenvalue weighted by atomic mass is 35.5. The first-order valence-electron chi connectivity index (χ1n) is 6.76. The second kappa shape index (κ2) is 7.27. The second-order valence-corrected chi connectivity index (χ2v) is 5.03. The van der Waals surface area contributed by atoms with Crippen LogP contribution in [-0.4, -0.2) is 18.6 Å². The molecule has 0 unspecified atom stereocenters. The number of halogens is 1. The van der Waals surface area contributed by atoms with Gasteiger partial charge in [-0.2, -0.15) is 0 Å². The van der Waals surface area contributed by atoms with Crippen LogP contribution < -0.4 is 10.1 Å². The van der Waals surface area contributed by atoms with Crippen molar-refractivity contribution in [3.05, 3.63) is 47.2 Å². The summed E-state index contributed by atoms with van der Waals surface area (Å²) >= 11 is 6.07. The Kier molecular flexibility index (Phi) is 5.39. The van der Waals surface area contributed by atoms with Crippen LogP contribution in [0.25, 0.3) is 11.1 Å². The fourth-order valence-electron chi connectivity index (χ4n) is 2.05. The van der Waals surface area contributed by atoms with Crippen molar-refractivity contribution in [1.29, 1.82) is 0 Å². The molecular formula is C16H19ClN2O. The Morgan fingerprint density at radius 1 is 1.25 bits per heavy atom. The van der Waals surface area contributed by atoms with Crippen LogP contribution in [0.2, 0.25) is 5.02 Å². The van der Waals surface area contributed by atoms with E-state index in [1.807, 2.05) is 37.5 Å². The Morgan fingerprint density at radius 3 is 2.85 bits per heavy atom. The molecule has 0 aliphatic heterocycles. The van der Waals surface area contributed by atoms with Gasteiger partial charge in [0.1, 0.15) is 5.75 Å². The predicted octanol–water partition coefficient (Wildman–Crippen LogP) is 3.91. The monoisotopic (exact) mass is 290 g/mol. The van der Waals surface area contributed by atoms with Crippen molar-refractivity contribution < 1.29 is 4.74 Å². The minimum Gasteiger partial charge on any atom is -0.492 e. The summed E-state index contributed by atoms with van der Waals surface area (Å²) in [6.45, 7) is 3.55. The molecule has 0 radical (unpaired) electrons. The zero-order valence-corrected chi connectivity index (χ0v) is 12.6. The summed E-state index contributed by atoms with van der Waals surface area (Å²) < 4.78 is 5.64. The molecule has 0 amide bonds. The van der Waals surface area contributed by atoms with Crippen LogP contribution in [0.5, 0.6) is 5.75 Å². The molecule has 1 N–H and O–H groups in total. The third-order valence-electron chi connectivity index (χ3n) is 2.93. The van der Waals surface area contributed by atoms with Gasteiger partial charge in [-0.25, -0.2) is 0 Å². The van der Waals surface area contributed by atoms with Gasteiger partial charge in [0.2, 0.25) is 0 Å².